The number of amides is 1. The fourth-order valence-corrected chi connectivity index (χ4v) is 4.58. The van der Waals surface area contributed by atoms with E-state index in [-0.39, 0.29) is 17.0 Å². The Hall–Kier alpha value is -2.78. The van der Waals surface area contributed by atoms with E-state index in [0.29, 0.717) is 5.75 Å². The van der Waals surface area contributed by atoms with E-state index in [1.165, 1.54) is 31.6 Å². The van der Waals surface area contributed by atoms with Crippen LogP contribution in [0, 0.1) is 0 Å². The first kappa shape index (κ1) is 19.5. The Labute approximate surface area is 170 Å². The molecule has 2 aromatic carbocycles. The molecule has 2 aromatic rings. The van der Waals surface area contributed by atoms with Crippen LogP contribution in [0.3, 0.4) is 0 Å². The van der Waals surface area contributed by atoms with Gasteiger partial charge in [-0.15, -0.1) is 0 Å². The van der Waals surface area contributed by atoms with Crippen LogP contribution in [0.1, 0.15) is 31.1 Å². The van der Waals surface area contributed by atoms with Gasteiger partial charge in [0.1, 0.15) is 11.9 Å². The number of nitrogens with one attached hydrogen (secondary N) is 3. The van der Waals surface area contributed by atoms with Crippen molar-refractivity contribution in [3.63, 3.8) is 0 Å². The first-order valence-corrected chi connectivity index (χ1v) is 10.6. The van der Waals surface area contributed by atoms with Gasteiger partial charge >= 0.3 is 0 Å². The van der Waals surface area contributed by atoms with E-state index in [2.05, 4.69) is 16.0 Å². The number of anilines is 3. The van der Waals surface area contributed by atoms with E-state index >= 15 is 0 Å². The maximum absolute atomic E-state index is 12.4. The van der Waals surface area contributed by atoms with Crippen LogP contribution in [0.2, 0.25) is 0 Å². The van der Waals surface area contributed by atoms with Crippen LogP contribution in [0.15, 0.2) is 35.2 Å². The SMILES string of the molecule is COc1cc(S(=O)(=O)N(C)C)ccc1C1Nc2cc3c(cc2N1)C(C)(C)C(=O)N3. The van der Waals surface area contributed by atoms with E-state index in [1.807, 2.05) is 26.0 Å². The third kappa shape index (κ3) is 2.92. The maximum atomic E-state index is 12.4. The van der Waals surface area contributed by atoms with Crippen LogP contribution >= 0.6 is 0 Å². The predicted molar refractivity (Wildman–Crippen MR) is 112 cm³/mol. The first-order valence-electron chi connectivity index (χ1n) is 9.19. The van der Waals surface area contributed by atoms with Crippen LogP contribution in [-0.2, 0) is 20.2 Å². The van der Waals surface area contributed by atoms with Crippen molar-refractivity contribution in [3.8, 4) is 5.75 Å². The molecule has 0 saturated carbocycles. The molecule has 2 aliphatic heterocycles. The van der Waals surface area contributed by atoms with Gasteiger partial charge in [-0.25, -0.2) is 12.7 Å². The van der Waals surface area contributed by atoms with Gasteiger partial charge in [-0.2, -0.15) is 0 Å². The number of carbonyl (C=O) groups excluding carboxylic acids is 1. The zero-order chi connectivity index (χ0) is 21.1. The van der Waals surface area contributed by atoms with Gasteiger partial charge in [-0.3, -0.25) is 4.79 Å². The zero-order valence-electron chi connectivity index (χ0n) is 17.0. The molecule has 0 aliphatic carbocycles. The van der Waals surface area contributed by atoms with Crippen LogP contribution in [0.25, 0.3) is 0 Å². The fourth-order valence-electron chi connectivity index (χ4n) is 3.66. The van der Waals surface area contributed by atoms with E-state index < -0.39 is 15.4 Å². The summed E-state index contributed by atoms with van der Waals surface area (Å²) in [6.07, 6.45) is -0.294. The molecule has 0 radical (unpaired) electrons. The number of hydrogen-bond acceptors (Lipinski definition) is 6. The lowest BCUT2D eigenvalue weighted by molar-refractivity contribution is -0.119. The Morgan fingerprint density at radius 1 is 1.03 bits per heavy atom. The van der Waals surface area contributed by atoms with Gasteiger partial charge in [-0.1, -0.05) is 6.07 Å². The van der Waals surface area contributed by atoms with Gasteiger partial charge in [0.05, 0.1) is 28.8 Å². The van der Waals surface area contributed by atoms with Gasteiger partial charge in [0, 0.05) is 31.4 Å². The molecule has 0 saturated heterocycles. The number of benzene rings is 2. The number of fused-ring (bicyclic) bond motifs is 2. The smallest absolute Gasteiger partial charge is 0.242 e. The van der Waals surface area contributed by atoms with Crippen molar-refractivity contribution >= 4 is 33.0 Å². The minimum Gasteiger partial charge on any atom is -0.496 e. The molecule has 29 heavy (non-hydrogen) atoms. The van der Waals surface area contributed by atoms with Crippen molar-refractivity contribution < 1.29 is 17.9 Å². The third-order valence-corrected chi connectivity index (χ3v) is 7.35. The van der Waals surface area contributed by atoms with Gasteiger partial charge < -0.3 is 20.7 Å². The van der Waals surface area contributed by atoms with Crippen LogP contribution in [-0.4, -0.2) is 39.8 Å². The summed E-state index contributed by atoms with van der Waals surface area (Å²) >= 11 is 0. The van der Waals surface area contributed by atoms with Crippen molar-refractivity contribution in [2.75, 3.05) is 37.2 Å². The van der Waals surface area contributed by atoms with Crippen molar-refractivity contribution in [3.05, 3.63) is 41.5 Å². The molecule has 0 fully saturated rings. The number of sulfonamides is 1. The van der Waals surface area contributed by atoms with Gasteiger partial charge in [0.2, 0.25) is 15.9 Å². The Morgan fingerprint density at radius 2 is 1.69 bits per heavy atom. The molecule has 1 unspecified atom stereocenters. The van der Waals surface area contributed by atoms with Crippen LogP contribution in [0.4, 0.5) is 17.1 Å². The highest BCUT2D eigenvalue weighted by Gasteiger charge is 2.40. The lowest BCUT2D eigenvalue weighted by Gasteiger charge is -2.19. The number of carbonyl (C=O) groups is 1. The molecule has 0 aromatic heterocycles. The average Bonchev–Trinajstić information content (AvgIpc) is 3.17. The average molecular weight is 417 g/mol. The normalized spacial score (nSPS) is 19.2. The van der Waals surface area contributed by atoms with Crippen LogP contribution < -0.4 is 20.7 Å². The Morgan fingerprint density at radius 3 is 2.31 bits per heavy atom. The summed E-state index contributed by atoms with van der Waals surface area (Å²) in [5.41, 5.74) is 3.67. The van der Waals surface area contributed by atoms with E-state index in [9.17, 15) is 13.2 Å². The molecule has 9 heteroatoms. The minimum atomic E-state index is -3.56. The molecule has 2 heterocycles. The van der Waals surface area contributed by atoms with Gasteiger partial charge in [-0.05, 0) is 37.6 Å². The largest absolute Gasteiger partial charge is 0.496 e. The lowest BCUT2D eigenvalue weighted by Crippen LogP contribution is -2.26. The molecular weight excluding hydrogens is 392 g/mol. The Balaban J connectivity index is 1.68. The second-order valence-corrected chi connectivity index (χ2v) is 10.1. The topological polar surface area (TPSA) is 99.8 Å². The summed E-state index contributed by atoms with van der Waals surface area (Å²) in [5, 5.41) is 9.70. The second-order valence-electron chi connectivity index (χ2n) is 7.94. The molecule has 154 valence electrons. The van der Waals surface area contributed by atoms with E-state index in [1.54, 1.807) is 12.1 Å². The predicted octanol–water partition coefficient (Wildman–Crippen LogP) is 2.71. The fraction of sp³-hybridized carbons (Fsp3) is 0.350. The van der Waals surface area contributed by atoms with E-state index in [4.69, 9.17) is 4.74 Å². The molecule has 0 bridgehead atoms. The molecule has 1 amide bonds. The van der Waals surface area contributed by atoms with Gasteiger partial charge in [0.15, 0.2) is 0 Å². The number of hydrogen-bond donors (Lipinski definition) is 3. The summed E-state index contributed by atoms with van der Waals surface area (Å²) in [5.74, 6) is 0.444. The summed E-state index contributed by atoms with van der Waals surface area (Å²) < 4.78 is 31.5. The standard InChI is InChI=1S/C20H24N4O4S/c1-20(2)13-9-15-16(10-14(13)23-19(20)25)22-18(21-15)12-7-6-11(8-17(12)28-5)29(26,27)24(3)4/h6-10,18,21-22H,1-5H3,(H,23,25). The molecule has 2 aliphatic rings. The third-order valence-electron chi connectivity index (χ3n) is 5.54. The first-order chi connectivity index (χ1) is 13.6. The molecule has 3 N–H and O–H groups in total. The number of ether oxygens (including phenoxy) is 1. The van der Waals surface area contributed by atoms with Crippen molar-refractivity contribution in [2.24, 2.45) is 0 Å². The quantitative estimate of drug-likeness (QED) is 0.709. The zero-order valence-corrected chi connectivity index (χ0v) is 17.8. The second kappa shape index (κ2) is 6.36. The highest BCUT2D eigenvalue weighted by atomic mass is 32.2. The van der Waals surface area contributed by atoms with Gasteiger partial charge in [0.25, 0.3) is 0 Å². The summed E-state index contributed by atoms with van der Waals surface area (Å²) in [4.78, 5) is 12.4. The van der Waals surface area contributed by atoms with Crippen molar-refractivity contribution in [1.82, 2.24) is 4.31 Å². The highest BCUT2D eigenvalue weighted by molar-refractivity contribution is 7.89. The Kier molecular flexibility index (Phi) is 4.29. The lowest BCUT2D eigenvalue weighted by atomic mass is 9.86. The minimum absolute atomic E-state index is 0.0212. The molecule has 1 atom stereocenters. The molecular formula is C20H24N4O4S. The van der Waals surface area contributed by atoms with Crippen molar-refractivity contribution in [1.29, 1.82) is 0 Å². The highest BCUT2D eigenvalue weighted by Crippen LogP contribution is 2.46. The number of nitrogens with zero attached hydrogens (tertiary/aromatic N) is 1. The van der Waals surface area contributed by atoms with Crippen molar-refractivity contribution in [2.45, 2.75) is 30.3 Å². The number of rotatable bonds is 4. The summed E-state index contributed by atoms with van der Waals surface area (Å²) in [6, 6.07) is 8.74. The summed E-state index contributed by atoms with van der Waals surface area (Å²) in [6.45, 7) is 3.79. The molecule has 8 nitrogen and oxygen atoms in total. The Bertz CT molecular complexity index is 1130. The summed E-state index contributed by atoms with van der Waals surface area (Å²) in [7, 11) is 0.941. The number of methoxy groups -OCH3 is 1. The van der Waals surface area contributed by atoms with Crippen LogP contribution in [0.5, 0.6) is 5.75 Å². The van der Waals surface area contributed by atoms with E-state index in [0.717, 1.165) is 28.2 Å². The monoisotopic (exact) mass is 416 g/mol. The maximum Gasteiger partial charge on any atom is 0.242 e. The molecule has 4 rings (SSSR count). The molecule has 0 spiro atoms.